The van der Waals surface area contributed by atoms with Crippen molar-refractivity contribution in [2.24, 2.45) is 0 Å². The molecule has 2 aromatic heterocycles. The fraction of sp³-hybridized carbons (Fsp3) is 0.435. The summed E-state index contributed by atoms with van der Waals surface area (Å²) < 4.78 is 38.4. The quantitative estimate of drug-likeness (QED) is 0.657. The molecule has 7 nitrogen and oxygen atoms in total. The lowest BCUT2D eigenvalue weighted by atomic mass is 10.00. The summed E-state index contributed by atoms with van der Waals surface area (Å²) in [4.78, 5) is 13.7. The number of likely N-dealkylation sites (tertiary alicyclic amines) is 1. The number of nitriles is 1. The predicted molar refractivity (Wildman–Crippen MR) is 125 cm³/mol. The lowest BCUT2D eigenvalue weighted by molar-refractivity contribution is -0.126. The van der Waals surface area contributed by atoms with Gasteiger partial charge in [0.25, 0.3) is 0 Å². The normalized spacial score (nSPS) is 21.4. The van der Waals surface area contributed by atoms with Crippen LogP contribution < -0.4 is 10.6 Å². The minimum atomic E-state index is -4.24. The number of fused-ring (bicyclic) bond motifs is 2. The first kappa shape index (κ1) is 22.7. The number of nitrogens with zero attached hydrogens (tertiary/aromatic N) is 5. The Bertz CT molecular complexity index is 1220. The van der Waals surface area contributed by atoms with Gasteiger partial charge >= 0.3 is 6.18 Å². The zero-order chi connectivity index (χ0) is 23.9. The van der Waals surface area contributed by atoms with Gasteiger partial charge in [-0.05, 0) is 43.1 Å². The van der Waals surface area contributed by atoms with Crippen LogP contribution in [0.25, 0.3) is 10.2 Å². The summed E-state index contributed by atoms with van der Waals surface area (Å²) in [7, 11) is 0. The summed E-state index contributed by atoms with van der Waals surface area (Å²) in [5.41, 5.74) is 3.03. The highest BCUT2D eigenvalue weighted by Crippen LogP contribution is 2.33. The third-order valence-electron chi connectivity index (χ3n) is 6.43. The third-order valence-corrected chi connectivity index (χ3v) is 7.47. The molecule has 5 rings (SSSR count). The number of allylic oxidation sites excluding steroid dienone is 1. The maximum Gasteiger partial charge on any atom is 0.393 e. The average Bonchev–Trinajstić information content (AvgIpc) is 3.40. The van der Waals surface area contributed by atoms with Gasteiger partial charge in [0.15, 0.2) is 0 Å². The van der Waals surface area contributed by atoms with Crippen LogP contribution in [0.3, 0.4) is 0 Å². The number of thiophene rings is 1. The van der Waals surface area contributed by atoms with Crippen molar-refractivity contribution in [3.8, 4) is 6.07 Å². The Hall–Kier alpha value is -3.10. The van der Waals surface area contributed by atoms with Crippen molar-refractivity contribution in [2.45, 2.75) is 44.6 Å². The summed E-state index contributed by atoms with van der Waals surface area (Å²) in [5.74, 6) is 0.607. The fourth-order valence-electron chi connectivity index (χ4n) is 4.64. The van der Waals surface area contributed by atoms with Gasteiger partial charge in [-0.3, -0.25) is 4.90 Å². The minimum Gasteiger partial charge on any atom is -0.367 e. The number of rotatable bonds is 5. The maximum atomic E-state index is 12.8. The van der Waals surface area contributed by atoms with Crippen molar-refractivity contribution in [1.29, 1.82) is 5.26 Å². The highest BCUT2D eigenvalue weighted by molar-refractivity contribution is 7.18. The molecule has 178 valence electrons. The molecular weight excluding hydrogens is 463 g/mol. The van der Waals surface area contributed by atoms with E-state index in [0.29, 0.717) is 21.7 Å². The second-order valence-corrected chi connectivity index (χ2v) is 9.93. The molecule has 11 heteroatoms. The zero-order valence-electron chi connectivity index (χ0n) is 18.6. The summed E-state index contributed by atoms with van der Waals surface area (Å²) in [6, 6.07) is 3.92. The van der Waals surface area contributed by atoms with Gasteiger partial charge in [-0.1, -0.05) is 0 Å². The number of piperidine rings is 1. The minimum absolute atomic E-state index is 0.00174. The number of hydrogen-bond acceptors (Lipinski definition) is 8. The van der Waals surface area contributed by atoms with Crippen LogP contribution in [0.1, 0.15) is 24.6 Å². The van der Waals surface area contributed by atoms with E-state index in [1.54, 1.807) is 6.07 Å². The number of alkyl halides is 3. The summed E-state index contributed by atoms with van der Waals surface area (Å²) >= 11 is 1.07. The van der Waals surface area contributed by atoms with Gasteiger partial charge in [0.05, 0.1) is 11.8 Å². The predicted octanol–water partition coefficient (Wildman–Crippen LogP) is 4.11. The number of halogens is 3. The molecule has 2 N–H and O–H groups in total. The molecule has 0 saturated carbocycles. The fourth-order valence-corrected chi connectivity index (χ4v) is 5.67. The molecule has 1 saturated heterocycles. The van der Waals surface area contributed by atoms with Crippen molar-refractivity contribution in [2.75, 3.05) is 25.0 Å². The van der Waals surface area contributed by atoms with Crippen molar-refractivity contribution in [3.63, 3.8) is 0 Å². The molecule has 0 amide bonds. The summed E-state index contributed by atoms with van der Waals surface area (Å²) in [6.07, 6.45) is 3.99. The number of anilines is 1. The first-order valence-corrected chi connectivity index (χ1v) is 11.9. The van der Waals surface area contributed by atoms with Crippen LogP contribution in [-0.4, -0.2) is 57.8 Å². The first-order chi connectivity index (χ1) is 16.3. The van der Waals surface area contributed by atoms with Crippen molar-refractivity contribution < 1.29 is 13.2 Å². The molecule has 1 atom stereocenters. The average molecular weight is 488 g/mol. The lowest BCUT2D eigenvalue weighted by Gasteiger charge is -2.35. The topological polar surface area (TPSA) is 80.1 Å². The van der Waals surface area contributed by atoms with E-state index in [2.05, 4.69) is 44.6 Å². The Balaban J connectivity index is 1.19. The Morgan fingerprint density at radius 2 is 2.09 bits per heavy atom. The van der Waals surface area contributed by atoms with Gasteiger partial charge < -0.3 is 15.5 Å². The van der Waals surface area contributed by atoms with Gasteiger partial charge in [0, 0.05) is 43.0 Å². The molecule has 3 aliphatic heterocycles. The molecule has 1 unspecified atom stereocenters. The Kier molecular flexibility index (Phi) is 5.95. The van der Waals surface area contributed by atoms with Crippen LogP contribution in [0.15, 0.2) is 47.7 Å². The molecule has 2 aromatic rings. The highest BCUT2D eigenvalue weighted by atomic mass is 32.1. The van der Waals surface area contributed by atoms with Gasteiger partial charge in [-0.2, -0.15) is 18.4 Å². The molecule has 0 spiro atoms. The van der Waals surface area contributed by atoms with E-state index >= 15 is 0 Å². The second-order valence-electron chi connectivity index (χ2n) is 8.81. The van der Waals surface area contributed by atoms with E-state index in [1.807, 2.05) is 17.3 Å². The number of aromatic nitrogens is 2. The monoisotopic (exact) mass is 487 g/mol. The number of nitrogens with one attached hydrogen (secondary N) is 2. The van der Waals surface area contributed by atoms with E-state index in [9.17, 15) is 13.2 Å². The van der Waals surface area contributed by atoms with Crippen molar-refractivity contribution in [1.82, 2.24) is 25.1 Å². The van der Waals surface area contributed by atoms with Crippen molar-refractivity contribution >= 4 is 27.4 Å². The molecule has 3 aliphatic rings. The third kappa shape index (κ3) is 4.74. The first-order valence-electron chi connectivity index (χ1n) is 11.1. The van der Waals surface area contributed by atoms with Crippen LogP contribution in [-0.2, 0) is 6.42 Å². The molecule has 0 aliphatic carbocycles. The Morgan fingerprint density at radius 1 is 1.29 bits per heavy atom. The van der Waals surface area contributed by atoms with E-state index in [-0.39, 0.29) is 17.1 Å². The van der Waals surface area contributed by atoms with Crippen LogP contribution >= 0.6 is 11.3 Å². The Labute approximate surface area is 199 Å². The molecule has 0 aromatic carbocycles. The molecular formula is C23H24F3N7S. The largest absolute Gasteiger partial charge is 0.393 e. The van der Waals surface area contributed by atoms with Gasteiger partial charge in [0.2, 0.25) is 0 Å². The molecule has 0 radical (unpaired) electrons. The SMILES string of the molecule is CC1=C(CN2CCC(Nc3ncnc4sc(CC(F)(F)F)cc34)CC2)C=CN2C=C(C#N)NC12. The number of hydrogen-bond donors (Lipinski definition) is 2. The van der Waals surface area contributed by atoms with Crippen LogP contribution in [0, 0.1) is 11.3 Å². The van der Waals surface area contributed by atoms with Crippen LogP contribution in [0.2, 0.25) is 0 Å². The van der Waals surface area contributed by atoms with E-state index in [4.69, 9.17) is 5.26 Å². The second kappa shape index (κ2) is 8.92. The van der Waals surface area contributed by atoms with Gasteiger partial charge in [-0.15, -0.1) is 11.3 Å². The highest BCUT2D eigenvalue weighted by Gasteiger charge is 2.30. The van der Waals surface area contributed by atoms with Gasteiger partial charge in [0.1, 0.15) is 34.9 Å². The molecule has 0 bridgehead atoms. The maximum absolute atomic E-state index is 12.8. The van der Waals surface area contributed by atoms with Crippen LogP contribution in [0.5, 0.6) is 0 Å². The van der Waals surface area contributed by atoms with E-state index < -0.39 is 12.6 Å². The summed E-state index contributed by atoms with van der Waals surface area (Å²) in [6.45, 7) is 4.75. The van der Waals surface area contributed by atoms with Crippen LogP contribution in [0.4, 0.5) is 19.0 Å². The summed E-state index contributed by atoms with van der Waals surface area (Å²) in [5, 5.41) is 16.5. The van der Waals surface area contributed by atoms with Crippen molar-refractivity contribution in [3.05, 3.63) is 52.6 Å². The smallest absolute Gasteiger partial charge is 0.367 e. The lowest BCUT2D eigenvalue weighted by Crippen LogP contribution is -2.42. The standard InChI is InChI=1S/C23H24F3N7S/c1-14-15(2-7-33-12-17(10-27)31-21(14)33)11-32-5-3-16(4-6-32)30-20-19-8-18(9-23(24,25)26)34-22(19)29-13-28-20/h2,7-8,12-13,16,21,31H,3-6,9,11H2,1H3,(H,28,29,30). The van der Waals surface area contributed by atoms with E-state index in [1.165, 1.54) is 17.5 Å². The molecule has 1 fully saturated rings. The molecule has 5 heterocycles. The van der Waals surface area contributed by atoms with E-state index in [0.717, 1.165) is 43.8 Å². The zero-order valence-corrected chi connectivity index (χ0v) is 19.4. The Morgan fingerprint density at radius 3 is 2.82 bits per heavy atom. The van der Waals surface area contributed by atoms with Gasteiger partial charge in [-0.25, -0.2) is 9.97 Å². The molecule has 34 heavy (non-hydrogen) atoms.